The van der Waals surface area contributed by atoms with Crippen molar-refractivity contribution in [3.8, 4) is 0 Å². The summed E-state index contributed by atoms with van der Waals surface area (Å²) in [4.78, 5) is 34.2. The first kappa shape index (κ1) is 22.6. The quantitative estimate of drug-likeness (QED) is 0.678. The molecular formula is C27H35N3O2S. The van der Waals surface area contributed by atoms with Crippen molar-refractivity contribution in [1.82, 2.24) is 14.7 Å². The zero-order valence-electron chi connectivity index (χ0n) is 19.8. The molecule has 1 saturated carbocycles. The maximum absolute atomic E-state index is 13.6. The Morgan fingerprint density at radius 3 is 2.36 bits per heavy atom. The summed E-state index contributed by atoms with van der Waals surface area (Å²) in [5, 5.41) is 2.19. The summed E-state index contributed by atoms with van der Waals surface area (Å²) in [7, 11) is 0. The zero-order chi connectivity index (χ0) is 22.9. The third kappa shape index (κ3) is 4.35. The molecule has 2 unspecified atom stereocenters. The molecule has 0 spiro atoms. The van der Waals surface area contributed by atoms with E-state index in [0.717, 1.165) is 25.8 Å². The van der Waals surface area contributed by atoms with Crippen LogP contribution < -0.4 is 0 Å². The minimum atomic E-state index is -0.195. The van der Waals surface area contributed by atoms with Crippen molar-refractivity contribution in [2.75, 3.05) is 32.7 Å². The van der Waals surface area contributed by atoms with Crippen LogP contribution in [0.5, 0.6) is 0 Å². The van der Waals surface area contributed by atoms with Crippen molar-refractivity contribution >= 4 is 23.2 Å². The van der Waals surface area contributed by atoms with Gasteiger partial charge in [0, 0.05) is 43.5 Å². The number of carbonyl (C=O) groups excluding carboxylic acids is 2. The van der Waals surface area contributed by atoms with E-state index < -0.39 is 0 Å². The van der Waals surface area contributed by atoms with Gasteiger partial charge in [0.15, 0.2) is 0 Å². The van der Waals surface area contributed by atoms with Crippen LogP contribution in [-0.4, -0.2) is 65.3 Å². The standard InChI is InChI=1S/C27H35N3O2S/c1-19-7-3-6-10-22(19)25-23-12-18-33-24(23)11-13-30(25)20(2)26(31)28-14-16-29(17-15-28)27(32)21-8-4-5-9-21/h3,6-7,10,12,18,20-21,25H,4-5,8-9,11,13-17H2,1-2H3. The van der Waals surface area contributed by atoms with Crippen LogP contribution in [0, 0.1) is 12.8 Å². The van der Waals surface area contributed by atoms with E-state index in [1.54, 1.807) is 0 Å². The van der Waals surface area contributed by atoms with Gasteiger partial charge in [-0.1, -0.05) is 37.1 Å². The first-order valence-electron chi connectivity index (χ1n) is 12.5. The van der Waals surface area contributed by atoms with Gasteiger partial charge in [-0.25, -0.2) is 0 Å². The third-order valence-electron chi connectivity index (χ3n) is 7.95. The summed E-state index contributed by atoms with van der Waals surface area (Å²) in [6.45, 7) is 7.76. The molecule has 0 bridgehead atoms. The fraction of sp³-hybridized carbons (Fsp3) is 0.556. The second-order valence-electron chi connectivity index (χ2n) is 9.85. The Kier molecular flexibility index (Phi) is 6.57. The van der Waals surface area contributed by atoms with Gasteiger partial charge in [-0.2, -0.15) is 0 Å². The van der Waals surface area contributed by atoms with Gasteiger partial charge in [0.2, 0.25) is 11.8 Å². The number of piperazine rings is 1. The number of carbonyl (C=O) groups is 2. The SMILES string of the molecule is Cc1ccccc1C1c2ccsc2CCN1C(C)C(=O)N1CCN(C(=O)C2CCCC2)CC1. The molecule has 33 heavy (non-hydrogen) atoms. The van der Waals surface area contributed by atoms with Crippen molar-refractivity contribution in [2.45, 2.75) is 58.0 Å². The average Bonchev–Trinajstić information content (AvgIpc) is 3.55. The Bertz CT molecular complexity index is 1000. The minimum Gasteiger partial charge on any atom is -0.339 e. The van der Waals surface area contributed by atoms with E-state index in [1.165, 1.54) is 34.4 Å². The Hall–Kier alpha value is -2.18. The number of rotatable bonds is 4. The average molecular weight is 466 g/mol. The fourth-order valence-corrected chi connectivity index (χ4v) is 6.88. The topological polar surface area (TPSA) is 43.9 Å². The predicted octanol–water partition coefficient (Wildman–Crippen LogP) is 4.25. The number of aryl methyl sites for hydroxylation is 1. The van der Waals surface area contributed by atoms with E-state index in [4.69, 9.17) is 0 Å². The van der Waals surface area contributed by atoms with E-state index >= 15 is 0 Å². The summed E-state index contributed by atoms with van der Waals surface area (Å²) < 4.78 is 0. The molecular weight excluding hydrogens is 430 g/mol. The van der Waals surface area contributed by atoms with Gasteiger partial charge < -0.3 is 9.80 Å². The molecule has 6 heteroatoms. The summed E-state index contributed by atoms with van der Waals surface area (Å²) in [6.07, 6.45) is 5.42. The second kappa shape index (κ2) is 9.59. The number of fused-ring (bicyclic) bond motifs is 1. The molecule has 2 fully saturated rings. The summed E-state index contributed by atoms with van der Waals surface area (Å²) >= 11 is 1.83. The molecule has 2 aliphatic heterocycles. The molecule has 176 valence electrons. The molecule has 1 aromatic carbocycles. The molecule has 0 radical (unpaired) electrons. The fourth-order valence-electron chi connectivity index (χ4n) is 5.98. The van der Waals surface area contributed by atoms with Crippen LogP contribution >= 0.6 is 11.3 Å². The molecule has 3 heterocycles. The lowest BCUT2D eigenvalue weighted by Gasteiger charge is -2.43. The molecule has 1 aromatic heterocycles. The minimum absolute atomic E-state index is 0.116. The highest BCUT2D eigenvalue weighted by Gasteiger charge is 2.38. The molecule has 5 nitrogen and oxygen atoms in total. The molecule has 0 N–H and O–H groups in total. The van der Waals surface area contributed by atoms with Crippen LogP contribution in [0.1, 0.15) is 60.2 Å². The van der Waals surface area contributed by atoms with Gasteiger partial charge in [0.1, 0.15) is 0 Å². The molecule has 5 rings (SSSR count). The number of amides is 2. The number of hydrogen-bond acceptors (Lipinski definition) is 4. The highest BCUT2D eigenvalue weighted by Crippen LogP contribution is 2.40. The lowest BCUT2D eigenvalue weighted by Crippen LogP contribution is -2.56. The molecule has 2 amide bonds. The number of nitrogens with zero attached hydrogens (tertiary/aromatic N) is 3. The largest absolute Gasteiger partial charge is 0.339 e. The van der Waals surface area contributed by atoms with Gasteiger partial charge in [0.05, 0.1) is 12.1 Å². The highest BCUT2D eigenvalue weighted by molar-refractivity contribution is 7.10. The molecule has 3 aliphatic rings. The van der Waals surface area contributed by atoms with Gasteiger partial charge in [-0.05, 0) is 61.2 Å². The predicted molar refractivity (Wildman–Crippen MR) is 132 cm³/mol. The smallest absolute Gasteiger partial charge is 0.239 e. The number of thiophene rings is 1. The normalized spacial score (nSPS) is 22.9. The summed E-state index contributed by atoms with van der Waals surface area (Å²) in [6, 6.07) is 10.7. The Morgan fingerprint density at radius 2 is 1.64 bits per heavy atom. The van der Waals surface area contributed by atoms with Crippen LogP contribution in [0.15, 0.2) is 35.7 Å². The van der Waals surface area contributed by atoms with E-state index in [1.807, 2.05) is 21.1 Å². The van der Waals surface area contributed by atoms with E-state index in [0.29, 0.717) is 32.1 Å². The lowest BCUT2D eigenvalue weighted by atomic mass is 9.89. The van der Waals surface area contributed by atoms with E-state index in [9.17, 15) is 9.59 Å². The van der Waals surface area contributed by atoms with Crippen LogP contribution in [0.25, 0.3) is 0 Å². The molecule has 1 saturated heterocycles. The third-order valence-corrected chi connectivity index (χ3v) is 8.95. The van der Waals surface area contributed by atoms with Crippen molar-refractivity contribution in [2.24, 2.45) is 5.92 Å². The zero-order valence-corrected chi connectivity index (χ0v) is 20.7. The molecule has 2 atom stereocenters. The maximum atomic E-state index is 13.6. The number of benzene rings is 1. The van der Waals surface area contributed by atoms with Crippen LogP contribution in [0.4, 0.5) is 0 Å². The van der Waals surface area contributed by atoms with Crippen molar-refractivity contribution in [3.05, 3.63) is 57.3 Å². The maximum Gasteiger partial charge on any atom is 0.239 e. The second-order valence-corrected chi connectivity index (χ2v) is 10.9. The van der Waals surface area contributed by atoms with Crippen molar-refractivity contribution in [1.29, 1.82) is 0 Å². The first-order chi connectivity index (χ1) is 16.0. The van der Waals surface area contributed by atoms with Crippen LogP contribution in [0.2, 0.25) is 0 Å². The Balaban J connectivity index is 1.30. The van der Waals surface area contributed by atoms with Gasteiger partial charge in [0.25, 0.3) is 0 Å². The van der Waals surface area contributed by atoms with Crippen molar-refractivity contribution < 1.29 is 9.59 Å². The molecule has 2 aromatic rings. The van der Waals surface area contributed by atoms with Gasteiger partial charge in [-0.3, -0.25) is 14.5 Å². The number of hydrogen-bond donors (Lipinski definition) is 0. The van der Waals surface area contributed by atoms with Crippen molar-refractivity contribution in [3.63, 3.8) is 0 Å². The highest BCUT2D eigenvalue weighted by atomic mass is 32.1. The summed E-state index contributed by atoms with van der Waals surface area (Å²) in [5.74, 6) is 0.725. The molecule has 1 aliphatic carbocycles. The van der Waals surface area contributed by atoms with E-state index in [2.05, 4.69) is 54.5 Å². The van der Waals surface area contributed by atoms with Gasteiger partial charge in [-0.15, -0.1) is 11.3 Å². The van der Waals surface area contributed by atoms with Gasteiger partial charge >= 0.3 is 0 Å². The first-order valence-corrected chi connectivity index (χ1v) is 13.4. The summed E-state index contributed by atoms with van der Waals surface area (Å²) in [5.41, 5.74) is 3.92. The van der Waals surface area contributed by atoms with Crippen LogP contribution in [0.3, 0.4) is 0 Å². The van der Waals surface area contributed by atoms with E-state index in [-0.39, 0.29) is 23.9 Å². The Labute approximate surface area is 201 Å². The van der Waals surface area contributed by atoms with Crippen LogP contribution in [-0.2, 0) is 16.0 Å². The Morgan fingerprint density at radius 1 is 0.939 bits per heavy atom. The monoisotopic (exact) mass is 465 g/mol. The lowest BCUT2D eigenvalue weighted by molar-refractivity contribution is -0.145.